The number of rotatable bonds is 8. The van der Waals surface area contributed by atoms with Crippen LogP contribution in [0.4, 0.5) is 5.69 Å². The summed E-state index contributed by atoms with van der Waals surface area (Å²) in [6.45, 7) is 4.33. The third kappa shape index (κ3) is 5.06. The van der Waals surface area contributed by atoms with Crippen molar-refractivity contribution in [1.82, 2.24) is 0 Å². The first kappa shape index (κ1) is 25.2. The molecular weight excluding hydrogens is 450 g/mol. The fraction of sp³-hybridized carbons (Fsp3) is 0.290. The summed E-state index contributed by atoms with van der Waals surface area (Å²) >= 11 is 0. The van der Waals surface area contributed by atoms with Crippen LogP contribution in [0.25, 0.3) is 6.08 Å². The van der Waals surface area contributed by atoms with Crippen LogP contribution in [-0.2, 0) is 11.2 Å². The SMILES string of the molecule is COc1cc2c(cc1OC)N(C)C(=O)C(C(=O)c1ccc(CC(C)C)cc1)C2C=Cc1ccccc1. The molecule has 5 nitrogen and oxygen atoms in total. The van der Waals surface area contributed by atoms with Crippen LogP contribution in [0.3, 0.4) is 0 Å². The summed E-state index contributed by atoms with van der Waals surface area (Å²) in [7, 11) is 4.85. The second kappa shape index (κ2) is 10.8. The summed E-state index contributed by atoms with van der Waals surface area (Å²) in [6.07, 6.45) is 4.87. The molecule has 2 unspecified atom stereocenters. The highest BCUT2D eigenvalue weighted by Gasteiger charge is 2.43. The first-order chi connectivity index (χ1) is 17.3. The second-order valence-electron chi connectivity index (χ2n) is 9.60. The summed E-state index contributed by atoms with van der Waals surface area (Å²) in [5.41, 5.74) is 4.26. The molecule has 3 aromatic rings. The number of ketones is 1. The lowest BCUT2D eigenvalue weighted by Gasteiger charge is -2.36. The number of hydrogen-bond acceptors (Lipinski definition) is 4. The highest BCUT2D eigenvalue weighted by atomic mass is 16.5. The number of fused-ring (bicyclic) bond motifs is 1. The Morgan fingerprint density at radius 2 is 1.61 bits per heavy atom. The summed E-state index contributed by atoms with van der Waals surface area (Å²) in [5, 5.41) is 0. The van der Waals surface area contributed by atoms with Gasteiger partial charge in [0.05, 0.1) is 19.9 Å². The zero-order valence-electron chi connectivity index (χ0n) is 21.5. The molecule has 2 atom stereocenters. The van der Waals surface area contributed by atoms with Crippen molar-refractivity contribution in [3.8, 4) is 11.5 Å². The van der Waals surface area contributed by atoms with Crippen LogP contribution < -0.4 is 14.4 Å². The third-order valence-corrected chi connectivity index (χ3v) is 6.67. The van der Waals surface area contributed by atoms with E-state index in [0.717, 1.165) is 17.5 Å². The highest BCUT2D eigenvalue weighted by Crippen LogP contribution is 2.46. The van der Waals surface area contributed by atoms with Crippen LogP contribution in [0.15, 0.2) is 72.8 Å². The van der Waals surface area contributed by atoms with E-state index < -0.39 is 11.8 Å². The molecule has 0 radical (unpaired) electrons. The van der Waals surface area contributed by atoms with Crippen LogP contribution in [0.1, 0.15) is 46.8 Å². The molecule has 5 heteroatoms. The Morgan fingerprint density at radius 1 is 0.972 bits per heavy atom. The highest BCUT2D eigenvalue weighted by molar-refractivity contribution is 6.17. The van der Waals surface area contributed by atoms with E-state index in [9.17, 15) is 9.59 Å². The van der Waals surface area contributed by atoms with E-state index in [1.165, 1.54) is 5.56 Å². The molecule has 0 saturated carbocycles. The number of Topliss-reactive ketones (excluding diaryl/α,β-unsaturated/α-hetero) is 1. The van der Waals surface area contributed by atoms with E-state index in [1.54, 1.807) is 32.2 Å². The van der Waals surface area contributed by atoms with Crippen LogP contribution in [-0.4, -0.2) is 33.0 Å². The largest absolute Gasteiger partial charge is 0.493 e. The predicted molar refractivity (Wildman–Crippen MR) is 144 cm³/mol. The average Bonchev–Trinajstić information content (AvgIpc) is 2.89. The molecule has 0 aromatic heterocycles. The van der Waals surface area contributed by atoms with Gasteiger partial charge in [-0.15, -0.1) is 0 Å². The monoisotopic (exact) mass is 483 g/mol. The van der Waals surface area contributed by atoms with Gasteiger partial charge in [0, 0.05) is 24.6 Å². The maximum absolute atomic E-state index is 13.9. The van der Waals surface area contributed by atoms with E-state index in [1.807, 2.05) is 72.8 Å². The number of carbonyl (C=O) groups is 2. The van der Waals surface area contributed by atoms with Gasteiger partial charge < -0.3 is 14.4 Å². The standard InChI is InChI=1S/C31H33NO4/c1-20(2)17-22-11-14-23(15-12-22)30(33)29-24(16-13-21-9-7-6-8-10-21)25-18-27(35-4)28(36-5)19-26(25)32(3)31(29)34/h6-16,18-20,24,29H,17H2,1-5H3. The quantitative estimate of drug-likeness (QED) is 0.284. The number of nitrogens with zero attached hydrogens (tertiary/aromatic N) is 1. The lowest BCUT2D eigenvalue weighted by atomic mass is 9.76. The first-order valence-corrected chi connectivity index (χ1v) is 12.2. The lowest BCUT2D eigenvalue weighted by Crippen LogP contribution is -2.44. The van der Waals surface area contributed by atoms with Gasteiger partial charge in [0.1, 0.15) is 5.92 Å². The molecule has 1 aliphatic heterocycles. The van der Waals surface area contributed by atoms with Crippen LogP contribution >= 0.6 is 0 Å². The number of amides is 1. The van der Waals surface area contributed by atoms with Gasteiger partial charge in [-0.25, -0.2) is 0 Å². The van der Waals surface area contributed by atoms with Crippen LogP contribution in [0, 0.1) is 11.8 Å². The fourth-order valence-electron chi connectivity index (χ4n) is 4.83. The van der Waals surface area contributed by atoms with E-state index in [2.05, 4.69) is 13.8 Å². The fourth-order valence-corrected chi connectivity index (χ4v) is 4.83. The number of benzene rings is 3. The smallest absolute Gasteiger partial charge is 0.238 e. The maximum Gasteiger partial charge on any atom is 0.238 e. The molecule has 1 aliphatic rings. The van der Waals surface area contributed by atoms with E-state index in [0.29, 0.717) is 28.7 Å². The van der Waals surface area contributed by atoms with Gasteiger partial charge in [-0.1, -0.05) is 80.6 Å². The molecule has 0 N–H and O–H groups in total. The third-order valence-electron chi connectivity index (χ3n) is 6.67. The van der Waals surface area contributed by atoms with Gasteiger partial charge in [-0.05, 0) is 35.1 Å². The molecule has 0 bridgehead atoms. The molecule has 3 aromatic carbocycles. The summed E-state index contributed by atoms with van der Waals surface area (Å²) < 4.78 is 11.0. The van der Waals surface area contributed by atoms with Crippen molar-refractivity contribution in [3.63, 3.8) is 0 Å². The van der Waals surface area contributed by atoms with Crippen molar-refractivity contribution < 1.29 is 19.1 Å². The number of ether oxygens (including phenoxy) is 2. The van der Waals surface area contributed by atoms with Crippen molar-refractivity contribution in [1.29, 1.82) is 0 Å². The number of carbonyl (C=O) groups excluding carboxylic acids is 2. The van der Waals surface area contributed by atoms with E-state index >= 15 is 0 Å². The van der Waals surface area contributed by atoms with Crippen LogP contribution in [0.5, 0.6) is 11.5 Å². The Bertz CT molecular complexity index is 1260. The molecule has 186 valence electrons. The zero-order valence-corrected chi connectivity index (χ0v) is 21.5. The molecule has 0 spiro atoms. The van der Waals surface area contributed by atoms with Gasteiger partial charge in [-0.2, -0.15) is 0 Å². The molecule has 36 heavy (non-hydrogen) atoms. The minimum Gasteiger partial charge on any atom is -0.493 e. The van der Waals surface area contributed by atoms with Crippen molar-refractivity contribution in [3.05, 3.63) is 95.1 Å². The van der Waals surface area contributed by atoms with Crippen LogP contribution in [0.2, 0.25) is 0 Å². The maximum atomic E-state index is 13.9. The Kier molecular flexibility index (Phi) is 7.58. The van der Waals surface area contributed by atoms with Crippen molar-refractivity contribution in [2.45, 2.75) is 26.2 Å². The van der Waals surface area contributed by atoms with Gasteiger partial charge >= 0.3 is 0 Å². The first-order valence-electron chi connectivity index (χ1n) is 12.2. The Hall–Kier alpha value is -3.86. The minimum atomic E-state index is -0.892. The molecule has 0 saturated heterocycles. The second-order valence-corrected chi connectivity index (χ2v) is 9.60. The summed E-state index contributed by atoms with van der Waals surface area (Å²) in [5.74, 6) is -0.174. The van der Waals surface area contributed by atoms with Crippen molar-refractivity contribution in [2.75, 3.05) is 26.2 Å². The molecule has 0 fully saturated rings. The summed E-state index contributed by atoms with van der Waals surface area (Å²) in [6, 6.07) is 21.2. The number of methoxy groups -OCH3 is 2. The van der Waals surface area contributed by atoms with E-state index in [4.69, 9.17) is 9.47 Å². The zero-order chi connectivity index (χ0) is 25.8. The summed E-state index contributed by atoms with van der Waals surface area (Å²) in [4.78, 5) is 29.1. The molecule has 4 rings (SSSR count). The Morgan fingerprint density at radius 3 is 2.22 bits per heavy atom. The average molecular weight is 484 g/mol. The van der Waals surface area contributed by atoms with Gasteiger partial charge in [0.2, 0.25) is 5.91 Å². The van der Waals surface area contributed by atoms with Gasteiger partial charge in [0.25, 0.3) is 0 Å². The number of anilines is 1. The Balaban J connectivity index is 1.81. The topological polar surface area (TPSA) is 55.8 Å². The van der Waals surface area contributed by atoms with Crippen molar-refractivity contribution >= 4 is 23.5 Å². The van der Waals surface area contributed by atoms with Crippen molar-refractivity contribution in [2.24, 2.45) is 11.8 Å². The molecule has 1 amide bonds. The number of allylic oxidation sites excluding steroid dienone is 1. The van der Waals surface area contributed by atoms with E-state index in [-0.39, 0.29) is 11.7 Å². The normalized spacial score (nSPS) is 17.4. The molecular formula is C31H33NO4. The van der Waals surface area contributed by atoms with Gasteiger partial charge in [0.15, 0.2) is 17.3 Å². The molecule has 0 aliphatic carbocycles. The number of hydrogen-bond donors (Lipinski definition) is 0. The minimum absolute atomic E-state index is 0.189. The lowest BCUT2D eigenvalue weighted by molar-refractivity contribution is -0.121. The molecule has 1 heterocycles. The Labute approximate surface area is 213 Å². The predicted octanol–water partition coefficient (Wildman–Crippen LogP) is 6.17. The van der Waals surface area contributed by atoms with Gasteiger partial charge in [-0.3, -0.25) is 9.59 Å².